The maximum absolute atomic E-state index is 13.1. The second-order valence-electron chi connectivity index (χ2n) is 6.86. The molecule has 2 heterocycles. The molecule has 0 bridgehead atoms. The van der Waals surface area contributed by atoms with E-state index in [1.807, 2.05) is 0 Å². The third-order valence-corrected chi connectivity index (χ3v) is 9.17. The number of phenols is 1. The summed E-state index contributed by atoms with van der Waals surface area (Å²) in [6.07, 6.45) is -0.833. The van der Waals surface area contributed by atoms with Gasteiger partial charge >= 0.3 is 153 Å². The fourth-order valence-electron chi connectivity index (χ4n) is 4.25. The number of likely N-dealkylation sites (tertiary alicyclic amines) is 1. The van der Waals surface area contributed by atoms with Gasteiger partial charge in [-0.3, -0.25) is 0 Å². The molecule has 1 amide bonds. The predicted octanol–water partition coefficient (Wildman–Crippen LogP) is -0.147. The Morgan fingerprint density at radius 3 is 2.56 bits per heavy atom. The van der Waals surface area contributed by atoms with Crippen molar-refractivity contribution in [3.05, 3.63) is 27.8 Å². The van der Waals surface area contributed by atoms with E-state index in [-0.39, 0.29) is 17.9 Å². The first-order valence-corrected chi connectivity index (χ1v) is 10.6. The van der Waals surface area contributed by atoms with Crippen LogP contribution in [0.15, 0.2) is 24.3 Å². The summed E-state index contributed by atoms with van der Waals surface area (Å²) in [4.78, 5) is 13.1. The van der Waals surface area contributed by atoms with Crippen LogP contribution in [0.5, 0.6) is 5.75 Å². The van der Waals surface area contributed by atoms with E-state index in [0.717, 1.165) is 34.2 Å². The molecule has 0 radical (unpaired) electrons. The van der Waals surface area contributed by atoms with Gasteiger partial charge in [0.15, 0.2) is 0 Å². The van der Waals surface area contributed by atoms with Crippen molar-refractivity contribution in [2.24, 2.45) is 0 Å². The zero-order valence-electron chi connectivity index (χ0n) is 13.4. The molecular weight excluding hydrogens is 450 g/mol. The first-order valence-electron chi connectivity index (χ1n) is 8.28. The van der Waals surface area contributed by atoms with Gasteiger partial charge in [-0.2, -0.15) is 0 Å². The van der Waals surface area contributed by atoms with Gasteiger partial charge in [0.2, 0.25) is 0 Å². The van der Waals surface area contributed by atoms with E-state index in [0.29, 0.717) is 6.42 Å². The molecule has 3 fully saturated rings. The van der Waals surface area contributed by atoms with Gasteiger partial charge < -0.3 is 0 Å². The van der Waals surface area contributed by atoms with Crippen molar-refractivity contribution in [3.8, 4) is 5.75 Å². The summed E-state index contributed by atoms with van der Waals surface area (Å²) in [6, 6.07) is 6.54. The number of phenolic OH excluding ortho intramolecular Hbond substituents is 1. The molecule has 2 saturated heterocycles. The van der Waals surface area contributed by atoms with E-state index in [9.17, 15) is 23.1 Å². The van der Waals surface area contributed by atoms with Crippen molar-refractivity contribution in [1.29, 1.82) is 0 Å². The fourth-order valence-corrected chi connectivity index (χ4v) is 8.08. The first kappa shape index (κ1) is 17.4. The fraction of sp³-hybridized carbons (Fsp3) is 0.588. The topological polar surface area (TPSA) is 53.1 Å². The second kappa shape index (κ2) is 5.73. The molecule has 138 valence electrons. The number of nitrogens with zero attached hydrogens (tertiary/aromatic N) is 1. The molecule has 1 saturated carbocycles. The summed E-state index contributed by atoms with van der Waals surface area (Å²) in [5, 5.41) is 9.43. The molecule has 4 rings (SSSR count). The van der Waals surface area contributed by atoms with Crippen molar-refractivity contribution >= 4 is 5.91 Å². The zero-order chi connectivity index (χ0) is 17.9. The van der Waals surface area contributed by atoms with Crippen molar-refractivity contribution in [3.63, 3.8) is 0 Å². The summed E-state index contributed by atoms with van der Waals surface area (Å²) in [5.74, 6) is -1.63. The monoisotopic (exact) mass is 468 g/mol. The quantitative estimate of drug-likeness (QED) is 0.285. The molecule has 4 nitrogen and oxygen atoms in total. The Labute approximate surface area is 153 Å². The van der Waals surface area contributed by atoms with Crippen LogP contribution >= 0.6 is 0 Å². The van der Waals surface area contributed by atoms with E-state index in [1.54, 1.807) is 12.1 Å². The number of alkyl halides is 4. The Morgan fingerprint density at radius 1 is 1.20 bits per heavy atom. The third kappa shape index (κ3) is 2.72. The number of hydrogen-bond acceptors (Lipinski definition) is 3. The van der Waals surface area contributed by atoms with E-state index in [2.05, 4.69) is 0 Å². The number of rotatable bonds is 2. The minimum absolute atomic E-state index is 0.0998. The molecule has 3 unspecified atom stereocenters. The van der Waals surface area contributed by atoms with Crippen LogP contribution in [0.1, 0.15) is 32.1 Å². The van der Waals surface area contributed by atoms with Crippen molar-refractivity contribution < 1.29 is 49.0 Å². The number of epoxide rings is 1. The van der Waals surface area contributed by atoms with Gasteiger partial charge in [-0.25, -0.2) is 0 Å². The van der Waals surface area contributed by atoms with Gasteiger partial charge in [0.05, 0.1) is 0 Å². The average molecular weight is 468 g/mol. The van der Waals surface area contributed by atoms with Gasteiger partial charge in [-0.1, -0.05) is 0 Å². The Morgan fingerprint density at radius 2 is 1.88 bits per heavy atom. The van der Waals surface area contributed by atoms with E-state index < -0.39 is 42.9 Å². The summed E-state index contributed by atoms with van der Waals surface area (Å²) in [6.45, 7) is 0.0998. The van der Waals surface area contributed by atoms with Crippen LogP contribution in [0.4, 0.5) is 13.2 Å². The Hall–Kier alpha value is -1.03. The van der Waals surface area contributed by atoms with Crippen LogP contribution in [0.3, 0.4) is 0 Å². The third-order valence-electron chi connectivity index (χ3n) is 5.46. The molecule has 3 aliphatic rings. The molecule has 1 aromatic rings. The minimum atomic E-state index is -4.86. The number of piperidine rings is 1. The molecule has 25 heavy (non-hydrogen) atoms. The molecule has 0 aromatic heterocycles. The number of carbonyl (C=O) groups excluding carboxylic acids is 1. The van der Waals surface area contributed by atoms with Gasteiger partial charge in [-0.15, -0.1) is 0 Å². The van der Waals surface area contributed by atoms with Crippen LogP contribution in [0.25, 0.3) is 0 Å². The maximum atomic E-state index is 13.1. The van der Waals surface area contributed by atoms with Gasteiger partial charge in [-0.05, 0) is 0 Å². The van der Waals surface area contributed by atoms with Gasteiger partial charge in [0.1, 0.15) is 0 Å². The van der Waals surface area contributed by atoms with Crippen LogP contribution < -0.4 is 21.2 Å². The number of aromatic hydroxyl groups is 1. The van der Waals surface area contributed by atoms with Gasteiger partial charge in [0.25, 0.3) is 0 Å². The normalized spacial score (nSPS) is 34.4. The Kier molecular flexibility index (Phi) is 3.99. The van der Waals surface area contributed by atoms with Crippen LogP contribution in [0, 0.1) is 3.57 Å². The average Bonchev–Trinajstić information content (AvgIpc) is 3.26. The summed E-state index contributed by atoms with van der Waals surface area (Å²) >= 11 is -0.919. The number of ether oxygens (including phenoxy) is 1. The van der Waals surface area contributed by atoms with E-state index in [4.69, 9.17) is 4.74 Å². The Balaban J connectivity index is 1.67. The van der Waals surface area contributed by atoms with Crippen LogP contribution in [0.2, 0.25) is 0 Å². The van der Waals surface area contributed by atoms with Gasteiger partial charge in [0, 0.05) is 0 Å². The standard InChI is InChI=1S/C17H18F3INO3/c18-17(19,20)14(24)22-10-9-15-7-1-2-8-16(15,25-15)13(22)21-11-3-5-12(23)6-4-11/h3-6,13,23H,1-2,7-10H2/q-1. The molecule has 0 spiro atoms. The predicted molar refractivity (Wildman–Crippen MR) is 78.0 cm³/mol. The number of benzene rings is 1. The van der Waals surface area contributed by atoms with Crippen LogP contribution in [-0.4, -0.2) is 43.9 Å². The zero-order valence-corrected chi connectivity index (χ0v) is 15.5. The molecule has 2 aliphatic heterocycles. The Bertz CT molecular complexity index is 695. The van der Waals surface area contributed by atoms with Crippen molar-refractivity contribution in [2.45, 2.75) is 53.5 Å². The second-order valence-corrected chi connectivity index (χ2v) is 9.91. The SMILES string of the molecule is O=C(N1CCC23CCCCC2(O3)C1[I-]c1ccc(O)cc1)C(F)(F)F. The molecular formula is C17H18F3INO3-. The van der Waals surface area contributed by atoms with E-state index in [1.165, 1.54) is 12.1 Å². The first-order chi connectivity index (χ1) is 11.8. The molecule has 1 N–H and O–H groups in total. The van der Waals surface area contributed by atoms with Crippen molar-refractivity contribution in [2.75, 3.05) is 6.54 Å². The number of halogens is 4. The number of amides is 1. The summed E-state index contributed by atoms with van der Waals surface area (Å²) in [7, 11) is 0. The molecule has 1 aromatic carbocycles. The molecule has 1 aliphatic carbocycles. The summed E-state index contributed by atoms with van der Waals surface area (Å²) in [5.41, 5.74) is -0.926. The van der Waals surface area contributed by atoms with Crippen LogP contribution in [-0.2, 0) is 9.53 Å². The molecule has 8 heteroatoms. The van der Waals surface area contributed by atoms with E-state index >= 15 is 0 Å². The number of carbonyl (C=O) groups is 1. The number of hydrogen-bond donors (Lipinski definition) is 1. The summed E-state index contributed by atoms with van der Waals surface area (Å²) < 4.78 is 45.8. The molecule has 3 atom stereocenters. The van der Waals surface area contributed by atoms with Crippen molar-refractivity contribution in [1.82, 2.24) is 4.90 Å².